The van der Waals surface area contributed by atoms with Gasteiger partial charge in [-0.2, -0.15) is 0 Å². The lowest BCUT2D eigenvalue weighted by Gasteiger charge is -2.32. The van der Waals surface area contributed by atoms with Crippen molar-refractivity contribution >= 4 is 27.5 Å². The molecule has 186 valence electrons. The summed E-state index contributed by atoms with van der Waals surface area (Å²) in [6, 6.07) is 12.4. The predicted octanol–water partition coefficient (Wildman–Crippen LogP) is 3.71. The van der Waals surface area contributed by atoms with Crippen molar-refractivity contribution in [2.24, 2.45) is 0 Å². The number of aryl methyl sites for hydroxylation is 3. The number of sulfonamides is 1. The number of amides is 2. The highest BCUT2D eigenvalue weighted by atomic mass is 32.2. The first-order valence-corrected chi connectivity index (χ1v) is 13.4. The van der Waals surface area contributed by atoms with Crippen LogP contribution in [0.1, 0.15) is 49.4 Å². The number of carbonyl (C=O) groups excluding carboxylic acids is 2. The molecule has 2 amide bonds. The number of anilines is 1. The molecule has 2 aromatic rings. The van der Waals surface area contributed by atoms with E-state index in [-0.39, 0.29) is 18.5 Å². The molecule has 0 aliphatic rings. The van der Waals surface area contributed by atoms with Crippen molar-refractivity contribution in [1.29, 1.82) is 0 Å². The van der Waals surface area contributed by atoms with Gasteiger partial charge in [0, 0.05) is 12.6 Å². The summed E-state index contributed by atoms with van der Waals surface area (Å²) in [5.41, 5.74) is 4.00. The Kier molecular flexibility index (Phi) is 9.27. The zero-order chi connectivity index (χ0) is 25.6. The number of hydrogen-bond donors (Lipinski definition) is 1. The fraction of sp³-hybridized carbons (Fsp3) is 0.462. The van der Waals surface area contributed by atoms with Gasteiger partial charge in [-0.05, 0) is 63.8 Å². The van der Waals surface area contributed by atoms with Crippen LogP contribution in [0.25, 0.3) is 0 Å². The average Bonchev–Trinajstić information content (AvgIpc) is 2.76. The first-order valence-electron chi connectivity index (χ1n) is 11.5. The summed E-state index contributed by atoms with van der Waals surface area (Å²) in [6.07, 6.45) is 1.85. The number of nitrogens with zero attached hydrogens (tertiary/aromatic N) is 2. The first-order chi connectivity index (χ1) is 15.8. The second-order valence-electron chi connectivity index (χ2n) is 9.06. The summed E-state index contributed by atoms with van der Waals surface area (Å²) in [7, 11) is -3.75. The van der Waals surface area contributed by atoms with E-state index in [0.717, 1.165) is 39.2 Å². The monoisotopic (exact) mass is 487 g/mol. The SMILES string of the molecule is CC[C@@H](C)NC(=O)[C@@H](C)N(Cc1cccc(C)c1)C(=O)CN(c1cc(C)ccc1C)S(C)(=O)=O. The van der Waals surface area contributed by atoms with Crippen molar-refractivity contribution in [2.45, 2.75) is 66.6 Å². The van der Waals surface area contributed by atoms with Crippen LogP contribution in [-0.2, 0) is 26.2 Å². The fourth-order valence-electron chi connectivity index (χ4n) is 3.64. The number of hydrogen-bond acceptors (Lipinski definition) is 4. The maximum atomic E-state index is 13.6. The van der Waals surface area contributed by atoms with E-state index in [1.54, 1.807) is 13.0 Å². The highest BCUT2D eigenvalue weighted by Gasteiger charge is 2.31. The predicted molar refractivity (Wildman–Crippen MR) is 137 cm³/mol. The van der Waals surface area contributed by atoms with Crippen LogP contribution in [0.2, 0.25) is 0 Å². The third kappa shape index (κ3) is 7.32. The summed E-state index contributed by atoms with van der Waals surface area (Å²) < 4.78 is 26.6. The normalized spacial score (nSPS) is 13.1. The fourth-order valence-corrected chi connectivity index (χ4v) is 4.54. The molecule has 0 aromatic heterocycles. The highest BCUT2D eigenvalue weighted by molar-refractivity contribution is 7.92. The van der Waals surface area contributed by atoms with Crippen molar-refractivity contribution in [2.75, 3.05) is 17.1 Å². The molecule has 0 saturated heterocycles. The minimum Gasteiger partial charge on any atom is -0.352 e. The van der Waals surface area contributed by atoms with Crippen LogP contribution in [0.4, 0.5) is 5.69 Å². The average molecular weight is 488 g/mol. The number of benzene rings is 2. The lowest BCUT2D eigenvalue weighted by Crippen LogP contribution is -2.52. The van der Waals surface area contributed by atoms with E-state index in [4.69, 9.17) is 0 Å². The van der Waals surface area contributed by atoms with E-state index in [2.05, 4.69) is 5.32 Å². The van der Waals surface area contributed by atoms with E-state index >= 15 is 0 Å². The van der Waals surface area contributed by atoms with E-state index < -0.39 is 28.5 Å². The molecule has 0 aliphatic heterocycles. The Morgan fingerprint density at radius 1 is 1.00 bits per heavy atom. The Hall–Kier alpha value is -2.87. The van der Waals surface area contributed by atoms with E-state index in [1.165, 1.54) is 4.90 Å². The molecule has 0 saturated carbocycles. The second kappa shape index (κ2) is 11.5. The van der Waals surface area contributed by atoms with Gasteiger partial charge in [-0.15, -0.1) is 0 Å². The molecule has 0 heterocycles. The maximum Gasteiger partial charge on any atom is 0.244 e. The summed E-state index contributed by atoms with van der Waals surface area (Å²) >= 11 is 0. The Morgan fingerprint density at radius 2 is 1.65 bits per heavy atom. The lowest BCUT2D eigenvalue weighted by atomic mass is 10.1. The molecule has 2 rings (SSSR count). The van der Waals surface area contributed by atoms with E-state index in [9.17, 15) is 18.0 Å². The molecule has 2 atom stereocenters. The van der Waals surface area contributed by atoms with Gasteiger partial charge in [0.15, 0.2) is 0 Å². The first kappa shape index (κ1) is 27.4. The maximum absolute atomic E-state index is 13.6. The minimum atomic E-state index is -3.75. The largest absolute Gasteiger partial charge is 0.352 e. The molecular weight excluding hydrogens is 450 g/mol. The second-order valence-corrected chi connectivity index (χ2v) is 11.0. The lowest BCUT2D eigenvalue weighted by molar-refractivity contribution is -0.139. The molecule has 2 aromatic carbocycles. The summed E-state index contributed by atoms with van der Waals surface area (Å²) in [5.74, 6) is -0.715. The van der Waals surface area contributed by atoms with Crippen LogP contribution in [0.5, 0.6) is 0 Å². The standard InChI is InChI=1S/C26H37N3O4S/c1-8-21(5)27-26(31)22(6)28(16-23-11-9-10-18(2)14-23)25(30)17-29(34(7,32)33)24-15-19(3)12-13-20(24)4/h9-15,21-22H,8,16-17H2,1-7H3,(H,27,31)/t21-,22-/m1/s1. The van der Waals surface area contributed by atoms with Crippen LogP contribution in [0.3, 0.4) is 0 Å². The van der Waals surface area contributed by atoms with Crippen LogP contribution in [-0.4, -0.2) is 50.0 Å². The Morgan fingerprint density at radius 3 is 2.24 bits per heavy atom. The number of carbonyl (C=O) groups is 2. The molecule has 0 radical (unpaired) electrons. The van der Waals surface area contributed by atoms with Gasteiger partial charge in [-0.1, -0.05) is 48.9 Å². The molecule has 8 heteroatoms. The quantitative estimate of drug-likeness (QED) is 0.554. The van der Waals surface area contributed by atoms with Gasteiger partial charge < -0.3 is 10.2 Å². The number of nitrogens with one attached hydrogen (secondary N) is 1. The highest BCUT2D eigenvalue weighted by Crippen LogP contribution is 2.24. The van der Waals surface area contributed by atoms with Crippen LogP contribution >= 0.6 is 0 Å². The van der Waals surface area contributed by atoms with Crippen molar-refractivity contribution in [3.05, 3.63) is 64.7 Å². The van der Waals surface area contributed by atoms with Crippen LogP contribution < -0.4 is 9.62 Å². The summed E-state index contributed by atoms with van der Waals surface area (Å²) in [6.45, 7) is 11.0. The van der Waals surface area contributed by atoms with Gasteiger partial charge in [-0.25, -0.2) is 8.42 Å². The van der Waals surface area contributed by atoms with Gasteiger partial charge in [0.05, 0.1) is 11.9 Å². The van der Waals surface area contributed by atoms with E-state index in [1.807, 2.05) is 71.0 Å². The molecular formula is C26H37N3O4S. The topological polar surface area (TPSA) is 86.8 Å². The van der Waals surface area contributed by atoms with Crippen LogP contribution in [0, 0.1) is 20.8 Å². The van der Waals surface area contributed by atoms with E-state index in [0.29, 0.717) is 5.69 Å². The molecule has 0 aliphatic carbocycles. The van der Waals surface area contributed by atoms with Crippen LogP contribution in [0.15, 0.2) is 42.5 Å². The molecule has 7 nitrogen and oxygen atoms in total. The molecule has 0 spiro atoms. The van der Waals surface area contributed by atoms with Gasteiger partial charge in [0.2, 0.25) is 21.8 Å². The third-order valence-electron chi connectivity index (χ3n) is 5.92. The Balaban J connectivity index is 2.43. The summed E-state index contributed by atoms with van der Waals surface area (Å²) in [4.78, 5) is 28.0. The van der Waals surface area contributed by atoms with Crippen molar-refractivity contribution in [3.63, 3.8) is 0 Å². The molecule has 0 unspecified atom stereocenters. The molecule has 1 N–H and O–H groups in total. The van der Waals surface area contributed by atoms with Gasteiger partial charge >= 0.3 is 0 Å². The summed E-state index contributed by atoms with van der Waals surface area (Å²) in [5, 5.41) is 2.93. The minimum absolute atomic E-state index is 0.0340. The smallest absolute Gasteiger partial charge is 0.244 e. The van der Waals surface area contributed by atoms with Crippen molar-refractivity contribution in [3.8, 4) is 0 Å². The Labute approximate surface area is 204 Å². The third-order valence-corrected chi connectivity index (χ3v) is 7.04. The number of rotatable bonds is 10. The van der Waals surface area contributed by atoms with Gasteiger partial charge in [-0.3, -0.25) is 13.9 Å². The van der Waals surface area contributed by atoms with Crippen molar-refractivity contribution in [1.82, 2.24) is 10.2 Å². The molecule has 0 bridgehead atoms. The zero-order valence-corrected chi connectivity index (χ0v) is 22.1. The Bertz CT molecular complexity index is 1130. The molecule has 34 heavy (non-hydrogen) atoms. The zero-order valence-electron chi connectivity index (χ0n) is 21.3. The van der Waals surface area contributed by atoms with Gasteiger partial charge in [0.25, 0.3) is 0 Å². The van der Waals surface area contributed by atoms with Gasteiger partial charge in [0.1, 0.15) is 12.6 Å². The molecule has 0 fully saturated rings. The van der Waals surface area contributed by atoms with Crippen molar-refractivity contribution < 1.29 is 18.0 Å².